The molecule has 2 aliphatic rings. The van der Waals surface area contributed by atoms with E-state index in [4.69, 9.17) is 0 Å². The second-order valence-electron chi connectivity index (χ2n) is 8.14. The summed E-state index contributed by atoms with van der Waals surface area (Å²) in [6.45, 7) is 3.18. The number of para-hydroxylation sites is 2. The van der Waals surface area contributed by atoms with E-state index in [0.717, 1.165) is 30.0 Å². The lowest BCUT2D eigenvalue weighted by Crippen LogP contribution is -2.48. The highest BCUT2D eigenvalue weighted by atomic mass is 32.2. The summed E-state index contributed by atoms with van der Waals surface area (Å²) in [6.07, 6.45) is 0. The molecule has 0 radical (unpaired) electrons. The first-order chi connectivity index (χ1) is 15.5. The van der Waals surface area contributed by atoms with Crippen molar-refractivity contribution < 1.29 is 13.2 Å². The topological polar surface area (TPSA) is 69.7 Å². The number of piperazine rings is 1. The normalized spacial score (nSPS) is 18.2. The summed E-state index contributed by atoms with van der Waals surface area (Å²) in [6, 6.07) is 24.1. The number of hydrogen-bond donors (Lipinski definition) is 1. The molecule has 0 aliphatic carbocycles. The van der Waals surface area contributed by atoms with Crippen molar-refractivity contribution in [2.24, 2.45) is 0 Å². The Hall–Kier alpha value is -3.32. The van der Waals surface area contributed by atoms with E-state index in [2.05, 4.69) is 22.3 Å². The Bertz CT molecular complexity index is 1220. The Balaban J connectivity index is 1.27. The first kappa shape index (κ1) is 20.6. The molecule has 164 valence electrons. The number of rotatable bonds is 4. The van der Waals surface area contributed by atoms with Crippen LogP contribution in [0.25, 0.3) is 0 Å². The SMILES string of the molecule is O=C(c1ccc(S(=O)(=O)C2CNc3ccccc32)cc1)N1CCN(c2ccccc2)CC1. The van der Waals surface area contributed by atoms with E-state index >= 15 is 0 Å². The number of nitrogens with one attached hydrogen (secondary N) is 1. The van der Waals surface area contributed by atoms with E-state index in [1.54, 1.807) is 24.3 Å². The Kier molecular flexibility index (Phi) is 5.35. The van der Waals surface area contributed by atoms with Gasteiger partial charge < -0.3 is 15.1 Å². The number of nitrogens with zero attached hydrogens (tertiary/aromatic N) is 2. The van der Waals surface area contributed by atoms with Crippen LogP contribution in [-0.4, -0.2) is 51.9 Å². The Morgan fingerprint density at radius 2 is 1.47 bits per heavy atom. The minimum atomic E-state index is -3.55. The maximum Gasteiger partial charge on any atom is 0.253 e. The van der Waals surface area contributed by atoms with Crippen LogP contribution in [0.1, 0.15) is 21.2 Å². The van der Waals surface area contributed by atoms with E-state index < -0.39 is 15.1 Å². The summed E-state index contributed by atoms with van der Waals surface area (Å²) in [5.41, 5.74) is 3.34. The van der Waals surface area contributed by atoms with E-state index in [1.807, 2.05) is 47.4 Å². The molecule has 0 aromatic heterocycles. The molecular weight excluding hydrogens is 422 g/mol. The average Bonchev–Trinajstić information content (AvgIpc) is 3.29. The van der Waals surface area contributed by atoms with Crippen LogP contribution in [0.4, 0.5) is 11.4 Å². The molecule has 6 nitrogen and oxygen atoms in total. The van der Waals surface area contributed by atoms with E-state index in [0.29, 0.717) is 25.2 Å². The van der Waals surface area contributed by atoms with Crippen LogP contribution in [0.15, 0.2) is 83.8 Å². The van der Waals surface area contributed by atoms with Gasteiger partial charge in [0.05, 0.1) is 4.90 Å². The maximum atomic E-state index is 13.2. The smallest absolute Gasteiger partial charge is 0.253 e. The number of carbonyl (C=O) groups excluding carboxylic acids is 1. The lowest BCUT2D eigenvalue weighted by molar-refractivity contribution is 0.0746. The minimum absolute atomic E-state index is 0.0606. The molecule has 32 heavy (non-hydrogen) atoms. The Labute approximate surface area is 188 Å². The third-order valence-electron chi connectivity index (χ3n) is 6.28. The van der Waals surface area contributed by atoms with Gasteiger partial charge in [0.1, 0.15) is 5.25 Å². The Morgan fingerprint density at radius 1 is 0.812 bits per heavy atom. The summed E-state index contributed by atoms with van der Waals surface area (Å²) in [5, 5.41) is 2.55. The summed E-state index contributed by atoms with van der Waals surface area (Å²) < 4.78 is 26.4. The van der Waals surface area contributed by atoms with Gasteiger partial charge in [-0.05, 0) is 48.0 Å². The van der Waals surface area contributed by atoms with E-state index in [-0.39, 0.29) is 10.8 Å². The summed E-state index contributed by atoms with van der Waals surface area (Å²) in [7, 11) is -3.55. The van der Waals surface area contributed by atoms with Crippen molar-refractivity contribution in [2.45, 2.75) is 10.1 Å². The maximum absolute atomic E-state index is 13.2. The predicted molar refractivity (Wildman–Crippen MR) is 126 cm³/mol. The predicted octanol–water partition coefficient (Wildman–Crippen LogP) is 3.59. The van der Waals surface area contributed by atoms with Crippen LogP contribution in [-0.2, 0) is 9.84 Å². The highest BCUT2D eigenvalue weighted by Crippen LogP contribution is 2.38. The van der Waals surface area contributed by atoms with Crippen LogP contribution in [0.3, 0.4) is 0 Å². The Morgan fingerprint density at radius 3 is 2.19 bits per heavy atom. The van der Waals surface area contributed by atoms with Gasteiger partial charge in [-0.3, -0.25) is 4.79 Å². The highest BCUT2D eigenvalue weighted by Gasteiger charge is 2.34. The van der Waals surface area contributed by atoms with Gasteiger partial charge in [-0.15, -0.1) is 0 Å². The van der Waals surface area contributed by atoms with Gasteiger partial charge in [0, 0.05) is 49.7 Å². The number of anilines is 2. The molecule has 0 spiro atoms. The van der Waals surface area contributed by atoms with Crippen molar-refractivity contribution in [3.8, 4) is 0 Å². The third-order valence-corrected chi connectivity index (χ3v) is 8.38. The van der Waals surface area contributed by atoms with Gasteiger partial charge in [0.25, 0.3) is 5.91 Å². The molecule has 5 rings (SSSR count). The fourth-order valence-corrected chi connectivity index (χ4v) is 6.16. The second kappa shape index (κ2) is 8.31. The molecule has 2 aliphatic heterocycles. The van der Waals surface area contributed by atoms with Crippen LogP contribution in [0.2, 0.25) is 0 Å². The van der Waals surface area contributed by atoms with Gasteiger partial charge in [-0.1, -0.05) is 36.4 Å². The fourth-order valence-electron chi connectivity index (χ4n) is 4.47. The largest absolute Gasteiger partial charge is 0.383 e. The molecule has 3 aromatic rings. The van der Waals surface area contributed by atoms with Crippen LogP contribution < -0.4 is 10.2 Å². The van der Waals surface area contributed by atoms with E-state index in [1.165, 1.54) is 0 Å². The van der Waals surface area contributed by atoms with Gasteiger partial charge >= 0.3 is 0 Å². The standard InChI is InChI=1S/C25H25N3O3S/c29-25(28-16-14-27(15-17-28)20-6-2-1-3-7-20)19-10-12-21(13-11-19)32(30,31)24-18-26-23-9-5-4-8-22(23)24/h1-13,24,26H,14-18H2. The zero-order valence-corrected chi connectivity index (χ0v) is 18.5. The zero-order valence-electron chi connectivity index (χ0n) is 17.6. The third kappa shape index (κ3) is 3.73. The molecule has 0 bridgehead atoms. The van der Waals surface area contributed by atoms with Crippen molar-refractivity contribution >= 4 is 27.1 Å². The number of fused-ring (bicyclic) bond motifs is 1. The quantitative estimate of drug-likeness (QED) is 0.662. The van der Waals surface area contributed by atoms with Crippen molar-refractivity contribution in [1.29, 1.82) is 0 Å². The first-order valence-corrected chi connectivity index (χ1v) is 12.3. The van der Waals surface area contributed by atoms with Crippen LogP contribution >= 0.6 is 0 Å². The van der Waals surface area contributed by atoms with Crippen molar-refractivity contribution in [2.75, 3.05) is 42.9 Å². The molecule has 2 heterocycles. The highest BCUT2D eigenvalue weighted by molar-refractivity contribution is 7.91. The lowest BCUT2D eigenvalue weighted by atomic mass is 10.1. The molecule has 1 fully saturated rings. The summed E-state index contributed by atoms with van der Waals surface area (Å²) >= 11 is 0. The van der Waals surface area contributed by atoms with Gasteiger partial charge in [0.2, 0.25) is 0 Å². The molecule has 3 aromatic carbocycles. The van der Waals surface area contributed by atoms with Gasteiger partial charge in [0.15, 0.2) is 9.84 Å². The molecule has 7 heteroatoms. The average molecular weight is 448 g/mol. The molecule has 1 N–H and O–H groups in total. The first-order valence-electron chi connectivity index (χ1n) is 10.8. The monoisotopic (exact) mass is 447 g/mol. The van der Waals surface area contributed by atoms with Crippen LogP contribution in [0.5, 0.6) is 0 Å². The summed E-state index contributed by atoms with van der Waals surface area (Å²) in [5.74, 6) is -0.0606. The minimum Gasteiger partial charge on any atom is -0.383 e. The summed E-state index contributed by atoms with van der Waals surface area (Å²) in [4.78, 5) is 17.3. The van der Waals surface area contributed by atoms with Crippen molar-refractivity contribution in [1.82, 2.24) is 4.90 Å². The second-order valence-corrected chi connectivity index (χ2v) is 10.3. The van der Waals surface area contributed by atoms with Gasteiger partial charge in [-0.25, -0.2) is 8.42 Å². The van der Waals surface area contributed by atoms with Gasteiger partial charge in [-0.2, -0.15) is 0 Å². The van der Waals surface area contributed by atoms with E-state index in [9.17, 15) is 13.2 Å². The molecule has 1 atom stereocenters. The number of amides is 1. The van der Waals surface area contributed by atoms with Crippen LogP contribution in [0, 0.1) is 0 Å². The van der Waals surface area contributed by atoms with Crippen molar-refractivity contribution in [3.63, 3.8) is 0 Å². The number of hydrogen-bond acceptors (Lipinski definition) is 5. The molecule has 1 unspecified atom stereocenters. The molecular formula is C25H25N3O3S. The number of sulfone groups is 1. The fraction of sp³-hybridized carbons (Fsp3) is 0.240. The number of benzene rings is 3. The lowest BCUT2D eigenvalue weighted by Gasteiger charge is -2.36. The zero-order chi connectivity index (χ0) is 22.1. The molecule has 1 saturated heterocycles. The number of carbonyl (C=O) groups is 1. The molecule has 1 amide bonds. The van der Waals surface area contributed by atoms with Crippen molar-refractivity contribution in [3.05, 3.63) is 90.0 Å². The molecule has 0 saturated carbocycles.